The average Bonchev–Trinajstić information content (AvgIpc) is 2.25. The van der Waals surface area contributed by atoms with Crippen LogP contribution in [0.4, 0.5) is 5.95 Å². The van der Waals surface area contributed by atoms with Crippen LogP contribution < -0.4 is 5.73 Å². The molecule has 0 aromatic carbocycles. The van der Waals surface area contributed by atoms with Crippen molar-refractivity contribution in [3.05, 3.63) is 17.0 Å². The first-order valence-corrected chi connectivity index (χ1v) is 6.57. The lowest BCUT2D eigenvalue weighted by molar-refractivity contribution is 0.428. The summed E-state index contributed by atoms with van der Waals surface area (Å²) in [6.07, 6.45) is 4.68. The summed E-state index contributed by atoms with van der Waals surface area (Å²) in [6, 6.07) is 0. The van der Waals surface area contributed by atoms with Crippen molar-refractivity contribution in [1.29, 1.82) is 0 Å². The number of nitrogens with zero attached hydrogens (tertiary/aromatic N) is 2. The average molecular weight is 233 g/mol. The molecule has 0 amide bonds. The van der Waals surface area contributed by atoms with E-state index in [2.05, 4.69) is 37.7 Å². The highest BCUT2D eigenvalue weighted by Crippen LogP contribution is 2.33. The Morgan fingerprint density at radius 3 is 2.59 bits per heavy atom. The van der Waals surface area contributed by atoms with E-state index in [0.29, 0.717) is 5.95 Å². The topological polar surface area (TPSA) is 51.8 Å². The second-order valence-electron chi connectivity index (χ2n) is 6.12. The van der Waals surface area contributed by atoms with Crippen LogP contribution in [0.1, 0.15) is 57.5 Å². The van der Waals surface area contributed by atoms with Gasteiger partial charge in [-0.15, -0.1) is 0 Å². The van der Waals surface area contributed by atoms with Crippen LogP contribution in [0.15, 0.2) is 0 Å². The molecule has 0 saturated carbocycles. The fourth-order valence-corrected chi connectivity index (χ4v) is 2.67. The molecule has 1 aromatic heterocycles. The minimum absolute atomic E-state index is 0.0557. The summed E-state index contributed by atoms with van der Waals surface area (Å²) in [4.78, 5) is 8.93. The Morgan fingerprint density at radius 1 is 1.29 bits per heavy atom. The molecular weight excluding hydrogens is 210 g/mol. The number of fused-ring (bicyclic) bond motifs is 1. The van der Waals surface area contributed by atoms with Gasteiger partial charge < -0.3 is 5.73 Å². The van der Waals surface area contributed by atoms with Gasteiger partial charge in [0, 0.05) is 11.1 Å². The summed E-state index contributed by atoms with van der Waals surface area (Å²) < 4.78 is 0. The SMILES string of the molecule is CC[C@H]1CCc2c(nc(N)nc2C(C)(C)C)C1. The maximum absolute atomic E-state index is 5.84. The van der Waals surface area contributed by atoms with Crippen LogP contribution in [0.3, 0.4) is 0 Å². The number of hydrogen-bond donors (Lipinski definition) is 1. The van der Waals surface area contributed by atoms with Gasteiger partial charge in [0.1, 0.15) is 0 Å². The van der Waals surface area contributed by atoms with E-state index >= 15 is 0 Å². The third-order valence-electron chi connectivity index (χ3n) is 3.68. The molecule has 3 heteroatoms. The molecule has 17 heavy (non-hydrogen) atoms. The van der Waals surface area contributed by atoms with Crippen molar-refractivity contribution < 1.29 is 0 Å². The first kappa shape index (κ1) is 12.3. The van der Waals surface area contributed by atoms with E-state index in [-0.39, 0.29) is 5.41 Å². The summed E-state index contributed by atoms with van der Waals surface area (Å²) in [6.45, 7) is 8.84. The molecule has 0 saturated heterocycles. The highest BCUT2D eigenvalue weighted by molar-refractivity contribution is 5.37. The van der Waals surface area contributed by atoms with E-state index in [1.807, 2.05) is 0 Å². The van der Waals surface area contributed by atoms with Gasteiger partial charge in [-0.2, -0.15) is 0 Å². The molecule has 1 aliphatic rings. The maximum atomic E-state index is 5.84. The van der Waals surface area contributed by atoms with Gasteiger partial charge in [-0.25, -0.2) is 9.97 Å². The van der Waals surface area contributed by atoms with Gasteiger partial charge in [-0.3, -0.25) is 0 Å². The summed E-state index contributed by atoms with van der Waals surface area (Å²) in [7, 11) is 0. The number of rotatable bonds is 1. The van der Waals surface area contributed by atoms with Gasteiger partial charge in [-0.1, -0.05) is 34.1 Å². The Labute approximate surface area is 104 Å². The molecular formula is C14H23N3. The van der Waals surface area contributed by atoms with Crippen LogP contribution >= 0.6 is 0 Å². The van der Waals surface area contributed by atoms with Crippen LogP contribution in [0.5, 0.6) is 0 Å². The van der Waals surface area contributed by atoms with E-state index in [0.717, 1.165) is 24.5 Å². The molecule has 0 radical (unpaired) electrons. The largest absolute Gasteiger partial charge is 0.368 e. The fourth-order valence-electron chi connectivity index (χ4n) is 2.67. The van der Waals surface area contributed by atoms with Crippen molar-refractivity contribution in [3.63, 3.8) is 0 Å². The van der Waals surface area contributed by atoms with Gasteiger partial charge in [-0.05, 0) is 30.7 Å². The fraction of sp³-hybridized carbons (Fsp3) is 0.714. The molecule has 2 rings (SSSR count). The molecule has 2 N–H and O–H groups in total. The number of hydrogen-bond acceptors (Lipinski definition) is 3. The molecule has 0 aliphatic heterocycles. The molecule has 0 unspecified atom stereocenters. The normalized spacial score (nSPS) is 20.1. The monoisotopic (exact) mass is 233 g/mol. The molecule has 1 aliphatic carbocycles. The smallest absolute Gasteiger partial charge is 0.220 e. The maximum Gasteiger partial charge on any atom is 0.220 e. The van der Waals surface area contributed by atoms with Gasteiger partial charge in [0.15, 0.2) is 0 Å². The summed E-state index contributed by atoms with van der Waals surface area (Å²) in [5.74, 6) is 1.20. The van der Waals surface area contributed by atoms with Crippen LogP contribution in [-0.2, 0) is 18.3 Å². The molecule has 0 spiro atoms. The zero-order valence-electron chi connectivity index (χ0n) is 11.4. The van der Waals surface area contributed by atoms with Crippen molar-refractivity contribution in [2.75, 3.05) is 5.73 Å². The Morgan fingerprint density at radius 2 is 2.00 bits per heavy atom. The first-order valence-electron chi connectivity index (χ1n) is 6.57. The number of nitrogen functional groups attached to an aromatic ring is 1. The van der Waals surface area contributed by atoms with E-state index in [4.69, 9.17) is 5.73 Å². The highest BCUT2D eigenvalue weighted by atomic mass is 15.0. The van der Waals surface area contributed by atoms with Crippen molar-refractivity contribution in [1.82, 2.24) is 9.97 Å². The Kier molecular flexibility index (Phi) is 3.11. The Hall–Kier alpha value is -1.12. The Bertz CT molecular complexity index is 418. The molecule has 3 nitrogen and oxygen atoms in total. The summed E-state index contributed by atoms with van der Waals surface area (Å²) in [5.41, 5.74) is 9.60. The van der Waals surface area contributed by atoms with E-state index in [1.165, 1.54) is 24.1 Å². The third-order valence-corrected chi connectivity index (χ3v) is 3.68. The number of anilines is 1. The molecule has 0 fully saturated rings. The van der Waals surface area contributed by atoms with Gasteiger partial charge >= 0.3 is 0 Å². The van der Waals surface area contributed by atoms with Gasteiger partial charge in [0.25, 0.3) is 0 Å². The lowest BCUT2D eigenvalue weighted by Crippen LogP contribution is -2.25. The number of nitrogens with two attached hydrogens (primary N) is 1. The summed E-state index contributed by atoms with van der Waals surface area (Å²) >= 11 is 0. The van der Waals surface area contributed by atoms with Crippen LogP contribution in [0, 0.1) is 5.92 Å². The lowest BCUT2D eigenvalue weighted by atomic mass is 9.79. The summed E-state index contributed by atoms with van der Waals surface area (Å²) in [5, 5.41) is 0. The van der Waals surface area contributed by atoms with E-state index in [9.17, 15) is 0 Å². The van der Waals surface area contributed by atoms with E-state index < -0.39 is 0 Å². The van der Waals surface area contributed by atoms with E-state index in [1.54, 1.807) is 0 Å². The predicted octanol–water partition coefficient (Wildman–Crippen LogP) is 2.87. The van der Waals surface area contributed by atoms with Crippen molar-refractivity contribution in [3.8, 4) is 0 Å². The second-order valence-corrected chi connectivity index (χ2v) is 6.12. The molecule has 94 valence electrons. The van der Waals surface area contributed by atoms with Crippen LogP contribution in [0.25, 0.3) is 0 Å². The van der Waals surface area contributed by atoms with Crippen molar-refractivity contribution in [2.45, 2.75) is 58.8 Å². The molecule has 1 atom stereocenters. The van der Waals surface area contributed by atoms with Gasteiger partial charge in [0.2, 0.25) is 5.95 Å². The molecule has 1 heterocycles. The zero-order chi connectivity index (χ0) is 12.6. The van der Waals surface area contributed by atoms with Gasteiger partial charge in [0.05, 0.1) is 5.69 Å². The highest BCUT2D eigenvalue weighted by Gasteiger charge is 2.27. The predicted molar refractivity (Wildman–Crippen MR) is 71.0 cm³/mol. The Balaban J connectivity index is 2.47. The third kappa shape index (κ3) is 2.43. The lowest BCUT2D eigenvalue weighted by Gasteiger charge is -2.29. The second kappa shape index (κ2) is 4.28. The first-order chi connectivity index (χ1) is 7.91. The quantitative estimate of drug-likeness (QED) is 0.811. The molecule has 0 bridgehead atoms. The van der Waals surface area contributed by atoms with Crippen LogP contribution in [-0.4, -0.2) is 9.97 Å². The zero-order valence-corrected chi connectivity index (χ0v) is 11.4. The minimum Gasteiger partial charge on any atom is -0.368 e. The van der Waals surface area contributed by atoms with Crippen LogP contribution in [0.2, 0.25) is 0 Å². The minimum atomic E-state index is 0.0557. The standard InChI is InChI=1S/C14H23N3/c1-5-9-6-7-10-11(8-9)16-13(15)17-12(10)14(2,3)4/h9H,5-8H2,1-4H3,(H2,15,16,17)/t9-/m0/s1. The molecule has 1 aromatic rings. The number of aromatic nitrogens is 2. The van der Waals surface area contributed by atoms with Crippen molar-refractivity contribution in [2.24, 2.45) is 5.92 Å². The van der Waals surface area contributed by atoms with Crippen molar-refractivity contribution >= 4 is 5.95 Å².